The second kappa shape index (κ2) is 13.8. The molecular formula is C34H32ClFN2O6S2. The van der Waals surface area contributed by atoms with Crippen molar-refractivity contribution in [2.24, 2.45) is 0 Å². The fourth-order valence-electron chi connectivity index (χ4n) is 5.61. The molecule has 0 radical (unpaired) electrons. The van der Waals surface area contributed by atoms with Crippen molar-refractivity contribution in [1.82, 2.24) is 4.31 Å². The van der Waals surface area contributed by atoms with Gasteiger partial charge in [-0.25, -0.2) is 26.0 Å². The summed E-state index contributed by atoms with van der Waals surface area (Å²) in [6, 6.07) is 28.3. The number of rotatable bonds is 6. The minimum absolute atomic E-state index is 0.0544. The quantitative estimate of drug-likeness (QED) is 0.149. The van der Waals surface area contributed by atoms with E-state index in [-0.39, 0.29) is 41.8 Å². The first-order chi connectivity index (χ1) is 21.9. The van der Waals surface area contributed by atoms with Crippen LogP contribution in [0.2, 0.25) is 0 Å². The maximum atomic E-state index is 13.6. The molecule has 0 saturated carbocycles. The van der Waals surface area contributed by atoms with Crippen LogP contribution in [0.3, 0.4) is 0 Å². The summed E-state index contributed by atoms with van der Waals surface area (Å²) < 4.78 is 69.8. The molecule has 6 rings (SSSR count). The zero-order valence-electron chi connectivity index (χ0n) is 25.1. The summed E-state index contributed by atoms with van der Waals surface area (Å²) in [5.74, 6) is -0.870. The minimum Gasteiger partial charge on any atom is -0.464 e. The van der Waals surface area contributed by atoms with E-state index in [9.17, 15) is 26.0 Å². The first kappa shape index (κ1) is 33.3. The van der Waals surface area contributed by atoms with Gasteiger partial charge >= 0.3 is 5.97 Å². The molecule has 0 aliphatic carbocycles. The molecule has 12 heteroatoms. The maximum Gasteiger partial charge on any atom is 0.330 e. The van der Waals surface area contributed by atoms with E-state index in [1.165, 1.54) is 22.5 Å². The number of piperazine rings is 1. The van der Waals surface area contributed by atoms with Gasteiger partial charge in [0.25, 0.3) is 9.05 Å². The summed E-state index contributed by atoms with van der Waals surface area (Å²) in [4.78, 5) is 15.0. The normalized spacial score (nSPS) is 15.7. The Bertz CT molecular complexity index is 2120. The van der Waals surface area contributed by atoms with Crippen molar-refractivity contribution in [3.8, 4) is 0 Å². The van der Waals surface area contributed by atoms with Crippen LogP contribution in [0.4, 0.5) is 10.1 Å². The number of benzene rings is 5. The molecule has 240 valence electrons. The highest BCUT2D eigenvalue weighted by Crippen LogP contribution is 2.31. The van der Waals surface area contributed by atoms with Gasteiger partial charge in [0.15, 0.2) is 0 Å². The Kier molecular flexibility index (Phi) is 9.97. The molecule has 0 bridgehead atoms. The number of nitrogens with zero attached hydrogens (tertiary/aromatic N) is 2. The molecule has 5 aromatic carbocycles. The number of aryl methyl sites for hydroxylation is 1. The molecule has 0 aromatic heterocycles. The van der Waals surface area contributed by atoms with Gasteiger partial charge in [-0.2, -0.15) is 4.31 Å². The van der Waals surface area contributed by atoms with E-state index in [0.29, 0.717) is 22.0 Å². The van der Waals surface area contributed by atoms with E-state index in [1.54, 1.807) is 62.4 Å². The van der Waals surface area contributed by atoms with E-state index in [0.717, 1.165) is 10.8 Å². The third kappa shape index (κ3) is 7.02. The third-order valence-electron chi connectivity index (χ3n) is 7.75. The van der Waals surface area contributed by atoms with E-state index in [1.807, 2.05) is 41.3 Å². The van der Waals surface area contributed by atoms with Crippen LogP contribution in [0.5, 0.6) is 0 Å². The summed E-state index contributed by atoms with van der Waals surface area (Å²) in [7, 11) is -2.20. The Morgan fingerprint density at radius 3 is 1.98 bits per heavy atom. The fraction of sp³-hybridized carbons (Fsp3) is 0.206. The van der Waals surface area contributed by atoms with Gasteiger partial charge in [0.2, 0.25) is 10.0 Å². The number of carbonyl (C=O) groups is 1. The number of ether oxygens (including phenoxy) is 1. The summed E-state index contributed by atoms with van der Waals surface area (Å²) in [6.45, 7) is 4.07. The highest BCUT2D eigenvalue weighted by atomic mass is 35.7. The van der Waals surface area contributed by atoms with Crippen LogP contribution in [-0.2, 0) is 28.6 Å². The number of carbonyl (C=O) groups excluding carboxylic acids is 1. The van der Waals surface area contributed by atoms with E-state index < -0.39 is 31.1 Å². The lowest BCUT2D eigenvalue weighted by molar-refractivity contribution is -0.145. The molecule has 0 amide bonds. The highest BCUT2D eigenvalue weighted by Gasteiger charge is 2.39. The molecule has 1 heterocycles. The van der Waals surface area contributed by atoms with Gasteiger partial charge in [0.1, 0.15) is 11.9 Å². The second-order valence-electron chi connectivity index (χ2n) is 10.6. The van der Waals surface area contributed by atoms with Crippen molar-refractivity contribution in [2.45, 2.75) is 29.7 Å². The zero-order valence-corrected chi connectivity index (χ0v) is 27.5. The van der Waals surface area contributed by atoms with Crippen LogP contribution in [0.15, 0.2) is 113 Å². The van der Waals surface area contributed by atoms with Crippen LogP contribution >= 0.6 is 10.7 Å². The van der Waals surface area contributed by atoms with Gasteiger partial charge in [-0.3, -0.25) is 0 Å². The Morgan fingerprint density at radius 1 is 0.826 bits per heavy atom. The third-order valence-corrected chi connectivity index (χ3v) is 11.1. The van der Waals surface area contributed by atoms with Gasteiger partial charge < -0.3 is 9.64 Å². The maximum absolute atomic E-state index is 13.6. The van der Waals surface area contributed by atoms with Gasteiger partial charge in [0.05, 0.1) is 16.4 Å². The van der Waals surface area contributed by atoms with Crippen molar-refractivity contribution in [2.75, 3.05) is 31.1 Å². The molecule has 1 fully saturated rings. The van der Waals surface area contributed by atoms with E-state index in [4.69, 9.17) is 15.4 Å². The van der Waals surface area contributed by atoms with E-state index in [2.05, 4.69) is 0 Å². The van der Waals surface area contributed by atoms with Crippen molar-refractivity contribution < 1.29 is 30.8 Å². The van der Waals surface area contributed by atoms with E-state index >= 15 is 0 Å². The standard InChI is InChI=1S/C24H25FN2O4S.C10H7ClO2S/c1-3-31-24(28)22-16-26(13-14-27(22)21-12-11-19(25)15-17(21)2)32(29,30)23-10-6-8-18-7-4-5-9-20(18)23;11-14(12,13)10-7-3-5-8-4-1-2-6-9(8)10/h4-12,15,22H,3,13-14,16H2,1-2H3;1-7H. The van der Waals surface area contributed by atoms with Crippen LogP contribution in [-0.4, -0.2) is 59.4 Å². The highest BCUT2D eigenvalue weighted by molar-refractivity contribution is 8.14. The number of hydrogen-bond donors (Lipinski definition) is 0. The largest absolute Gasteiger partial charge is 0.464 e. The number of fused-ring (bicyclic) bond motifs is 2. The molecule has 1 saturated heterocycles. The van der Waals surface area contributed by atoms with Crippen molar-refractivity contribution in [3.63, 3.8) is 0 Å². The summed E-state index contributed by atoms with van der Waals surface area (Å²) >= 11 is 0. The van der Waals surface area contributed by atoms with Crippen LogP contribution in [0.1, 0.15) is 12.5 Å². The molecule has 1 aliphatic heterocycles. The van der Waals surface area contributed by atoms with Crippen molar-refractivity contribution in [3.05, 3.63) is 115 Å². The Morgan fingerprint density at radius 2 is 1.39 bits per heavy atom. The summed E-state index contributed by atoms with van der Waals surface area (Å²) in [5.41, 5.74) is 1.36. The lowest BCUT2D eigenvalue weighted by Crippen LogP contribution is -2.58. The van der Waals surface area contributed by atoms with Gasteiger partial charge in [0, 0.05) is 46.8 Å². The smallest absolute Gasteiger partial charge is 0.330 e. The molecule has 5 aromatic rings. The topological polar surface area (TPSA) is 101 Å². The fourth-order valence-corrected chi connectivity index (χ4v) is 8.36. The average molecular weight is 683 g/mol. The molecular weight excluding hydrogens is 651 g/mol. The molecule has 0 spiro atoms. The minimum atomic E-state index is -3.85. The lowest BCUT2D eigenvalue weighted by Gasteiger charge is -2.41. The summed E-state index contributed by atoms with van der Waals surface area (Å²) in [5, 5.41) is 3.00. The summed E-state index contributed by atoms with van der Waals surface area (Å²) in [6.07, 6.45) is 0. The molecule has 1 unspecified atom stereocenters. The average Bonchev–Trinajstić information content (AvgIpc) is 3.04. The number of esters is 1. The number of halogens is 2. The molecule has 46 heavy (non-hydrogen) atoms. The zero-order chi connectivity index (χ0) is 33.1. The van der Waals surface area contributed by atoms with Crippen LogP contribution in [0, 0.1) is 12.7 Å². The molecule has 8 nitrogen and oxygen atoms in total. The predicted molar refractivity (Wildman–Crippen MR) is 179 cm³/mol. The number of hydrogen-bond acceptors (Lipinski definition) is 7. The van der Waals surface area contributed by atoms with Gasteiger partial charge in [-0.1, -0.05) is 72.8 Å². The number of anilines is 1. The lowest BCUT2D eigenvalue weighted by atomic mass is 10.1. The second-order valence-corrected chi connectivity index (χ2v) is 15.1. The monoisotopic (exact) mass is 682 g/mol. The van der Waals surface area contributed by atoms with Crippen molar-refractivity contribution in [1.29, 1.82) is 0 Å². The molecule has 1 aliphatic rings. The predicted octanol–water partition coefficient (Wildman–Crippen LogP) is 6.50. The van der Waals surface area contributed by atoms with Gasteiger partial charge in [-0.05, 0) is 60.5 Å². The van der Waals surface area contributed by atoms with Crippen LogP contribution < -0.4 is 4.90 Å². The first-order valence-electron chi connectivity index (χ1n) is 14.5. The first-order valence-corrected chi connectivity index (χ1v) is 18.3. The Labute approximate surface area is 272 Å². The SMILES string of the molecule is CCOC(=O)C1CN(S(=O)(=O)c2cccc3ccccc23)CCN1c1ccc(F)cc1C.O=S(=O)(Cl)c1cccc2ccccc12. The van der Waals surface area contributed by atoms with Gasteiger partial charge in [-0.15, -0.1) is 0 Å². The van der Waals surface area contributed by atoms with Crippen LogP contribution in [0.25, 0.3) is 21.5 Å². The molecule has 0 N–H and O–H groups in total. The Hall–Kier alpha value is -4.03. The molecule has 1 atom stereocenters. The number of sulfonamides is 1. The van der Waals surface area contributed by atoms with Crippen molar-refractivity contribution >= 4 is 63.0 Å². The Balaban J connectivity index is 0.000000247.